The van der Waals surface area contributed by atoms with Crippen molar-refractivity contribution < 1.29 is 0 Å². The summed E-state index contributed by atoms with van der Waals surface area (Å²) in [6.07, 6.45) is 4.89. The van der Waals surface area contributed by atoms with Crippen molar-refractivity contribution in [3.05, 3.63) is 0 Å². The molecule has 0 aromatic heterocycles. The summed E-state index contributed by atoms with van der Waals surface area (Å²) in [5.41, 5.74) is 8.31. The Labute approximate surface area is 79.6 Å². The van der Waals surface area contributed by atoms with Gasteiger partial charge >= 0.3 is 0 Å². The van der Waals surface area contributed by atoms with E-state index < -0.39 is 0 Å². The summed E-state index contributed by atoms with van der Waals surface area (Å²) in [6, 6.07) is 0. The van der Waals surface area contributed by atoms with E-state index in [2.05, 4.69) is 37.9 Å². The zero-order chi connectivity index (χ0) is 10.4. The normalized spacial score (nSPS) is 6.17. The van der Waals surface area contributed by atoms with Crippen molar-refractivity contribution >= 4 is 12.6 Å². The third-order valence-corrected chi connectivity index (χ3v) is 1.67. The third kappa shape index (κ3) is 65.4. The molecule has 0 aliphatic carbocycles. The highest BCUT2D eigenvalue weighted by Gasteiger charge is 1.89. The molecule has 4 N–H and O–H groups in total. The van der Waals surface area contributed by atoms with Crippen molar-refractivity contribution in [1.29, 1.82) is 10.5 Å². The Kier molecular flexibility index (Phi) is 32.2. The molecule has 0 radical (unpaired) electrons. The summed E-state index contributed by atoms with van der Waals surface area (Å²) < 4.78 is 0. The van der Waals surface area contributed by atoms with Crippen molar-refractivity contribution in [2.75, 3.05) is 0 Å². The van der Waals surface area contributed by atoms with E-state index in [0.29, 0.717) is 5.25 Å². The summed E-state index contributed by atoms with van der Waals surface area (Å²) in [5, 5.41) is 14.8. The van der Waals surface area contributed by atoms with Gasteiger partial charge in [-0.25, -0.2) is 0 Å². The maximum Gasteiger partial charge on any atom is 0.173 e. The fourth-order valence-corrected chi connectivity index (χ4v) is 0.289. The molecule has 4 nitrogen and oxygen atoms in total. The van der Waals surface area contributed by atoms with Crippen LogP contribution in [0.3, 0.4) is 0 Å². The largest absolute Gasteiger partial charge is 0.337 e. The Balaban J connectivity index is -0.000000115. The highest BCUT2D eigenvalue weighted by Crippen LogP contribution is 2.02. The SMILES string of the molecule is CCC(S)CC.N#CN.N#CN. The Morgan fingerprint density at radius 3 is 1.33 bits per heavy atom. The van der Waals surface area contributed by atoms with Crippen molar-refractivity contribution in [2.24, 2.45) is 11.5 Å². The maximum absolute atomic E-state index is 7.10. The first-order chi connectivity index (χ1) is 5.64. The molecule has 0 saturated heterocycles. The fourth-order valence-electron chi connectivity index (χ4n) is 0.289. The molecule has 0 rings (SSSR count). The molecule has 0 aromatic carbocycles. The van der Waals surface area contributed by atoms with Gasteiger partial charge in [-0.3, -0.25) is 0 Å². The minimum Gasteiger partial charge on any atom is -0.337 e. The van der Waals surface area contributed by atoms with E-state index in [1.165, 1.54) is 25.2 Å². The molecule has 0 aliphatic rings. The van der Waals surface area contributed by atoms with Gasteiger partial charge in [0.2, 0.25) is 0 Å². The van der Waals surface area contributed by atoms with Gasteiger partial charge in [0.05, 0.1) is 0 Å². The second kappa shape index (κ2) is 22.5. The Bertz CT molecular complexity index is 119. The Morgan fingerprint density at radius 2 is 1.33 bits per heavy atom. The van der Waals surface area contributed by atoms with E-state index in [1.807, 2.05) is 0 Å². The Hall–Kier alpha value is -1.07. The summed E-state index contributed by atoms with van der Waals surface area (Å²) in [5.74, 6) is 0. The molecule has 5 heteroatoms. The van der Waals surface area contributed by atoms with Gasteiger partial charge in [-0.1, -0.05) is 13.8 Å². The van der Waals surface area contributed by atoms with Gasteiger partial charge < -0.3 is 11.5 Å². The molecule has 70 valence electrons. The lowest BCUT2D eigenvalue weighted by atomic mass is 10.3. The van der Waals surface area contributed by atoms with Gasteiger partial charge in [0, 0.05) is 5.25 Å². The monoisotopic (exact) mass is 188 g/mol. The van der Waals surface area contributed by atoms with Gasteiger partial charge in [0.25, 0.3) is 0 Å². The summed E-state index contributed by atoms with van der Waals surface area (Å²) >= 11 is 4.23. The van der Waals surface area contributed by atoms with E-state index >= 15 is 0 Å². The standard InChI is InChI=1S/C5H12S.2CH2N2/c1-3-5(6)4-2;2*2-1-3/h5-6H,3-4H2,1-2H3;2*2H2. The van der Waals surface area contributed by atoms with Gasteiger partial charge in [-0.2, -0.15) is 23.2 Å². The molecule has 0 bridgehead atoms. The van der Waals surface area contributed by atoms with Crippen molar-refractivity contribution in [3.63, 3.8) is 0 Å². The number of nitriles is 2. The summed E-state index contributed by atoms with van der Waals surface area (Å²) in [4.78, 5) is 0. The average Bonchev–Trinajstić information content (AvgIpc) is 2.06. The van der Waals surface area contributed by atoms with E-state index in [9.17, 15) is 0 Å². The van der Waals surface area contributed by atoms with Crippen molar-refractivity contribution in [1.82, 2.24) is 0 Å². The molecule has 0 atom stereocenters. The quantitative estimate of drug-likeness (QED) is 0.341. The summed E-state index contributed by atoms with van der Waals surface area (Å²) in [6.45, 7) is 4.31. The van der Waals surface area contributed by atoms with Crippen LogP contribution >= 0.6 is 12.6 Å². The van der Waals surface area contributed by atoms with E-state index in [4.69, 9.17) is 10.5 Å². The number of hydrogen-bond acceptors (Lipinski definition) is 5. The molecule has 0 aliphatic heterocycles. The van der Waals surface area contributed by atoms with Gasteiger partial charge in [-0.15, -0.1) is 0 Å². The first kappa shape index (κ1) is 17.1. The highest BCUT2D eigenvalue weighted by atomic mass is 32.1. The highest BCUT2D eigenvalue weighted by molar-refractivity contribution is 7.80. The van der Waals surface area contributed by atoms with Crippen LogP contribution < -0.4 is 11.5 Å². The second-order valence-electron chi connectivity index (χ2n) is 1.73. The van der Waals surface area contributed by atoms with Gasteiger partial charge in [0.1, 0.15) is 0 Å². The number of thiol groups is 1. The molecule has 0 aromatic rings. The molecule has 0 fully saturated rings. The molecule has 0 amide bonds. The van der Waals surface area contributed by atoms with Crippen LogP contribution in [0, 0.1) is 22.9 Å². The average molecular weight is 188 g/mol. The molecule has 12 heavy (non-hydrogen) atoms. The van der Waals surface area contributed by atoms with Crippen LogP contribution in [0.15, 0.2) is 0 Å². The van der Waals surface area contributed by atoms with Crippen LogP contribution in [-0.2, 0) is 0 Å². The van der Waals surface area contributed by atoms with Crippen LogP contribution in [-0.4, -0.2) is 5.25 Å². The summed E-state index contributed by atoms with van der Waals surface area (Å²) in [7, 11) is 0. The first-order valence-corrected chi connectivity index (χ1v) is 4.03. The molecule has 0 saturated carbocycles. The minimum atomic E-state index is 0.630. The molecular formula is C7H16N4S. The molecular weight excluding hydrogens is 172 g/mol. The van der Waals surface area contributed by atoms with Crippen LogP contribution in [0.1, 0.15) is 26.7 Å². The second-order valence-corrected chi connectivity index (χ2v) is 2.46. The molecule has 0 heterocycles. The topological polar surface area (TPSA) is 99.6 Å². The lowest BCUT2D eigenvalue weighted by molar-refractivity contribution is 0.798. The number of nitrogens with zero attached hydrogens (tertiary/aromatic N) is 2. The predicted molar refractivity (Wildman–Crippen MR) is 53.0 cm³/mol. The van der Waals surface area contributed by atoms with Gasteiger partial charge in [-0.05, 0) is 12.8 Å². The van der Waals surface area contributed by atoms with Crippen LogP contribution in [0.4, 0.5) is 0 Å². The lowest BCUT2D eigenvalue weighted by Gasteiger charge is -1.97. The van der Waals surface area contributed by atoms with Crippen molar-refractivity contribution in [3.8, 4) is 12.4 Å². The number of nitrogens with two attached hydrogens (primary N) is 2. The zero-order valence-corrected chi connectivity index (χ0v) is 8.38. The van der Waals surface area contributed by atoms with Crippen LogP contribution in [0.25, 0.3) is 0 Å². The lowest BCUT2D eigenvalue weighted by Crippen LogP contribution is -1.89. The first-order valence-electron chi connectivity index (χ1n) is 3.51. The van der Waals surface area contributed by atoms with Crippen LogP contribution in [0.2, 0.25) is 0 Å². The van der Waals surface area contributed by atoms with E-state index in [-0.39, 0.29) is 0 Å². The Morgan fingerprint density at radius 1 is 1.17 bits per heavy atom. The van der Waals surface area contributed by atoms with E-state index in [0.717, 1.165) is 0 Å². The van der Waals surface area contributed by atoms with E-state index in [1.54, 1.807) is 0 Å². The van der Waals surface area contributed by atoms with Crippen molar-refractivity contribution in [2.45, 2.75) is 31.9 Å². The molecule has 0 spiro atoms. The van der Waals surface area contributed by atoms with Gasteiger partial charge in [0.15, 0.2) is 12.4 Å². The number of rotatable bonds is 2. The number of hydrogen-bond donors (Lipinski definition) is 3. The minimum absolute atomic E-state index is 0.630. The van der Waals surface area contributed by atoms with Crippen LogP contribution in [0.5, 0.6) is 0 Å². The fraction of sp³-hybridized carbons (Fsp3) is 0.714. The maximum atomic E-state index is 7.10. The zero-order valence-electron chi connectivity index (χ0n) is 7.49. The molecule has 0 unspecified atom stereocenters. The smallest absolute Gasteiger partial charge is 0.173 e. The third-order valence-electron chi connectivity index (χ3n) is 0.942. The predicted octanol–water partition coefficient (Wildman–Crippen LogP) is 0.957.